The van der Waals surface area contributed by atoms with E-state index in [2.05, 4.69) is 10.7 Å². The van der Waals surface area contributed by atoms with Crippen molar-refractivity contribution in [3.05, 3.63) is 35.9 Å². The van der Waals surface area contributed by atoms with Gasteiger partial charge in [0, 0.05) is 13.1 Å². The smallest absolute Gasteiger partial charge is 0.422 e. The molecule has 0 unspecified atom stereocenters. The Kier molecular flexibility index (Phi) is 6.59. The van der Waals surface area contributed by atoms with Gasteiger partial charge >= 0.3 is 12.2 Å². The van der Waals surface area contributed by atoms with Gasteiger partial charge < -0.3 is 14.8 Å². The predicted octanol–water partition coefficient (Wildman–Crippen LogP) is 3.94. The Morgan fingerprint density at radius 3 is 1.89 bits per heavy atom. The highest BCUT2D eigenvalue weighted by atomic mass is 16.6. The zero-order chi connectivity index (χ0) is 21.0. The number of hydrogen-bond acceptors (Lipinski definition) is 5. The second kappa shape index (κ2) is 8.39. The zero-order valence-corrected chi connectivity index (χ0v) is 17.8. The third kappa shape index (κ3) is 6.71. The number of nitrogens with one attached hydrogen (secondary N) is 2. The van der Waals surface area contributed by atoms with E-state index in [0.29, 0.717) is 25.9 Å². The van der Waals surface area contributed by atoms with E-state index in [0.717, 1.165) is 5.56 Å². The monoisotopic (exact) mass is 391 g/mol. The molecule has 2 N–H and O–H groups in total. The summed E-state index contributed by atoms with van der Waals surface area (Å²) in [5.74, 6) is 0. The molecular weight excluding hydrogens is 358 g/mol. The van der Waals surface area contributed by atoms with E-state index >= 15 is 0 Å². The van der Waals surface area contributed by atoms with Crippen LogP contribution in [0.1, 0.15) is 59.9 Å². The van der Waals surface area contributed by atoms with Crippen molar-refractivity contribution in [1.82, 2.24) is 15.8 Å². The summed E-state index contributed by atoms with van der Waals surface area (Å²) in [5.41, 5.74) is 2.15. The summed E-state index contributed by atoms with van der Waals surface area (Å²) in [4.78, 5) is 24.5. The van der Waals surface area contributed by atoms with Gasteiger partial charge in [-0.3, -0.25) is 5.43 Å². The molecule has 1 aromatic rings. The highest BCUT2D eigenvalue weighted by molar-refractivity contribution is 5.69. The molecule has 0 bridgehead atoms. The van der Waals surface area contributed by atoms with Crippen LogP contribution in [-0.2, 0) is 15.0 Å². The third-order valence-corrected chi connectivity index (χ3v) is 4.33. The second-order valence-corrected chi connectivity index (χ2v) is 9.18. The van der Waals surface area contributed by atoms with Crippen LogP contribution >= 0.6 is 0 Å². The lowest BCUT2D eigenvalue weighted by Crippen LogP contribution is -2.57. The number of carbonyl (C=O) groups excluding carboxylic acids is 2. The number of carbonyl (C=O) groups is 2. The summed E-state index contributed by atoms with van der Waals surface area (Å²) in [6, 6.07) is 9.88. The van der Waals surface area contributed by atoms with Gasteiger partial charge in [-0.2, -0.15) is 0 Å². The van der Waals surface area contributed by atoms with Crippen LogP contribution in [0.5, 0.6) is 0 Å². The van der Waals surface area contributed by atoms with E-state index < -0.39 is 28.9 Å². The maximum absolute atomic E-state index is 12.5. The predicted molar refractivity (Wildman–Crippen MR) is 108 cm³/mol. The van der Waals surface area contributed by atoms with Crippen LogP contribution in [-0.4, -0.2) is 41.5 Å². The Balaban J connectivity index is 2.07. The molecule has 1 aromatic carbocycles. The first-order valence-electron chi connectivity index (χ1n) is 9.70. The third-order valence-electron chi connectivity index (χ3n) is 4.33. The minimum Gasteiger partial charge on any atom is -0.444 e. The molecule has 0 spiro atoms. The maximum Gasteiger partial charge on any atom is 0.422 e. The molecule has 1 aliphatic heterocycles. The number of nitrogens with zero attached hydrogens (tertiary/aromatic N) is 1. The SMILES string of the molecule is CC(C)(C)OC(=O)NN1CCC(NC(=O)OC(C)(C)C)(c2ccccc2)CC1. The molecule has 0 aromatic heterocycles. The van der Waals surface area contributed by atoms with E-state index in [-0.39, 0.29) is 0 Å². The Morgan fingerprint density at radius 1 is 0.893 bits per heavy atom. The molecule has 0 aliphatic carbocycles. The van der Waals surface area contributed by atoms with Gasteiger partial charge in [0.2, 0.25) is 0 Å². The molecule has 2 rings (SSSR count). The molecule has 156 valence electrons. The number of hydrogen-bond donors (Lipinski definition) is 2. The van der Waals surface area contributed by atoms with Gasteiger partial charge in [-0.1, -0.05) is 30.3 Å². The molecule has 28 heavy (non-hydrogen) atoms. The van der Waals surface area contributed by atoms with Crippen molar-refractivity contribution in [3.8, 4) is 0 Å². The van der Waals surface area contributed by atoms with Crippen molar-refractivity contribution in [2.24, 2.45) is 0 Å². The first-order chi connectivity index (χ1) is 12.9. The van der Waals surface area contributed by atoms with Crippen molar-refractivity contribution < 1.29 is 19.1 Å². The van der Waals surface area contributed by atoms with E-state index in [9.17, 15) is 9.59 Å². The summed E-state index contributed by atoms with van der Waals surface area (Å²) in [7, 11) is 0. The minimum atomic E-state index is -0.569. The quantitative estimate of drug-likeness (QED) is 0.816. The highest BCUT2D eigenvalue weighted by Crippen LogP contribution is 2.33. The fraction of sp³-hybridized carbons (Fsp3) is 0.619. The molecule has 1 fully saturated rings. The van der Waals surface area contributed by atoms with Gasteiger partial charge in [-0.15, -0.1) is 0 Å². The molecular formula is C21H33N3O4. The summed E-state index contributed by atoms with van der Waals surface area (Å²) >= 11 is 0. The fourth-order valence-corrected chi connectivity index (χ4v) is 3.17. The summed E-state index contributed by atoms with van der Waals surface area (Å²) < 4.78 is 10.8. The number of piperidine rings is 1. The molecule has 1 heterocycles. The maximum atomic E-state index is 12.5. The first-order valence-corrected chi connectivity index (χ1v) is 9.70. The van der Waals surface area contributed by atoms with Crippen molar-refractivity contribution in [1.29, 1.82) is 0 Å². The number of amides is 2. The Morgan fingerprint density at radius 2 is 1.39 bits per heavy atom. The summed E-state index contributed by atoms with van der Waals surface area (Å²) in [6.07, 6.45) is 0.350. The van der Waals surface area contributed by atoms with Gasteiger partial charge in [0.1, 0.15) is 11.2 Å². The molecule has 1 aliphatic rings. The van der Waals surface area contributed by atoms with Crippen molar-refractivity contribution in [2.75, 3.05) is 13.1 Å². The Hall–Kier alpha value is -2.28. The normalized spacial score (nSPS) is 17.5. The van der Waals surface area contributed by atoms with Crippen molar-refractivity contribution in [2.45, 2.75) is 71.1 Å². The summed E-state index contributed by atoms with van der Waals surface area (Å²) in [5, 5.41) is 4.91. The van der Waals surface area contributed by atoms with Crippen molar-refractivity contribution in [3.63, 3.8) is 0 Å². The van der Waals surface area contributed by atoms with Crippen LogP contribution < -0.4 is 10.7 Å². The number of ether oxygens (including phenoxy) is 2. The topological polar surface area (TPSA) is 79.9 Å². The van der Waals surface area contributed by atoms with Gasteiger partial charge in [-0.25, -0.2) is 14.6 Å². The van der Waals surface area contributed by atoms with Crippen LogP contribution in [0.2, 0.25) is 0 Å². The van der Waals surface area contributed by atoms with E-state index in [1.54, 1.807) is 0 Å². The highest BCUT2D eigenvalue weighted by Gasteiger charge is 2.39. The average molecular weight is 392 g/mol. The summed E-state index contributed by atoms with van der Waals surface area (Å²) in [6.45, 7) is 12.2. The number of benzene rings is 1. The molecule has 2 amide bonds. The number of alkyl carbamates (subject to hydrolysis) is 1. The van der Waals surface area contributed by atoms with E-state index in [1.165, 1.54) is 0 Å². The molecule has 7 heteroatoms. The van der Waals surface area contributed by atoms with E-state index in [1.807, 2.05) is 76.9 Å². The van der Waals surface area contributed by atoms with Gasteiger partial charge in [0.05, 0.1) is 5.54 Å². The van der Waals surface area contributed by atoms with E-state index in [4.69, 9.17) is 9.47 Å². The van der Waals surface area contributed by atoms with Crippen LogP contribution in [0.4, 0.5) is 9.59 Å². The number of rotatable bonds is 3. The molecule has 0 atom stereocenters. The average Bonchev–Trinajstić information content (AvgIpc) is 2.54. The van der Waals surface area contributed by atoms with Gasteiger partial charge in [-0.05, 0) is 59.9 Å². The van der Waals surface area contributed by atoms with Crippen LogP contribution in [0.15, 0.2) is 30.3 Å². The molecule has 7 nitrogen and oxygen atoms in total. The molecule has 0 radical (unpaired) electrons. The van der Waals surface area contributed by atoms with Gasteiger partial charge in [0.25, 0.3) is 0 Å². The largest absolute Gasteiger partial charge is 0.444 e. The lowest BCUT2D eigenvalue weighted by molar-refractivity contribution is 0.0154. The van der Waals surface area contributed by atoms with Crippen LogP contribution in [0.25, 0.3) is 0 Å². The first kappa shape index (κ1) is 22.0. The number of hydrazine groups is 1. The lowest BCUT2D eigenvalue weighted by atomic mass is 9.81. The van der Waals surface area contributed by atoms with Gasteiger partial charge in [0.15, 0.2) is 0 Å². The Labute approximate surface area is 167 Å². The second-order valence-electron chi connectivity index (χ2n) is 9.18. The Bertz CT molecular complexity index is 669. The standard InChI is InChI=1S/C21H33N3O4/c1-19(2,3)27-17(25)22-21(16-10-8-7-9-11-16)12-14-24(15-13-21)23-18(26)28-20(4,5)6/h7-11H,12-15H2,1-6H3,(H,22,25)(H,23,26). The fourth-order valence-electron chi connectivity index (χ4n) is 3.17. The van der Waals surface area contributed by atoms with Crippen LogP contribution in [0, 0.1) is 0 Å². The lowest BCUT2D eigenvalue weighted by Gasteiger charge is -2.42. The zero-order valence-electron chi connectivity index (χ0n) is 17.8. The molecule has 0 saturated carbocycles. The minimum absolute atomic E-state index is 0.440. The van der Waals surface area contributed by atoms with Crippen LogP contribution in [0.3, 0.4) is 0 Å². The van der Waals surface area contributed by atoms with Crippen molar-refractivity contribution >= 4 is 12.2 Å². The molecule has 1 saturated heterocycles.